The highest BCUT2D eigenvalue weighted by atomic mass is 79.9. The molecule has 0 bridgehead atoms. The Kier molecular flexibility index (Phi) is 3.80. The van der Waals surface area contributed by atoms with Gasteiger partial charge < -0.3 is 5.11 Å². The molecule has 60 valence electrons. The van der Waals surface area contributed by atoms with Crippen LogP contribution in [0.5, 0.6) is 5.75 Å². The Hall–Kier alpha value is -0.150. The van der Waals surface area contributed by atoms with E-state index in [2.05, 4.69) is 15.9 Å². The third kappa shape index (κ3) is 3.16. The maximum absolute atomic E-state index is 8.96. The molecule has 0 unspecified atom stereocenters. The van der Waals surface area contributed by atoms with E-state index in [0.717, 1.165) is 11.1 Å². The van der Waals surface area contributed by atoms with Crippen LogP contribution < -0.4 is 0 Å². The second-order valence-electron chi connectivity index (χ2n) is 2.03. The van der Waals surface area contributed by atoms with Crippen LogP contribution in [-0.4, -0.2) is 16.2 Å². The summed E-state index contributed by atoms with van der Waals surface area (Å²) in [4.78, 5) is 1.20. The van der Waals surface area contributed by atoms with Crippen LogP contribution in [0, 0.1) is 0 Å². The molecule has 11 heavy (non-hydrogen) atoms. The zero-order valence-corrected chi connectivity index (χ0v) is 8.36. The minimum Gasteiger partial charge on any atom is -0.508 e. The van der Waals surface area contributed by atoms with Gasteiger partial charge in [0.05, 0.1) is 0 Å². The minimum atomic E-state index is 0.327. The van der Waals surface area contributed by atoms with Gasteiger partial charge in [0.15, 0.2) is 0 Å². The topological polar surface area (TPSA) is 20.2 Å². The summed E-state index contributed by atoms with van der Waals surface area (Å²) in [5.74, 6) is 1.39. The normalized spacial score (nSPS) is 9.91. The van der Waals surface area contributed by atoms with Crippen molar-refractivity contribution in [1.82, 2.24) is 0 Å². The van der Waals surface area contributed by atoms with Gasteiger partial charge in [0.1, 0.15) is 5.75 Å². The first-order valence-electron chi connectivity index (χ1n) is 3.31. The zero-order valence-electron chi connectivity index (χ0n) is 5.96. The number of aromatic hydroxyl groups is 1. The lowest BCUT2D eigenvalue weighted by Crippen LogP contribution is -1.77. The van der Waals surface area contributed by atoms with E-state index in [9.17, 15) is 0 Å². The highest BCUT2D eigenvalue weighted by molar-refractivity contribution is 9.09. The van der Waals surface area contributed by atoms with E-state index in [4.69, 9.17) is 5.11 Å². The molecule has 1 rings (SSSR count). The molecule has 0 atom stereocenters. The van der Waals surface area contributed by atoms with Crippen molar-refractivity contribution in [2.45, 2.75) is 4.90 Å². The lowest BCUT2D eigenvalue weighted by Gasteiger charge is -1.97. The minimum absolute atomic E-state index is 0.327. The number of hydrogen-bond donors (Lipinski definition) is 1. The van der Waals surface area contributed by atoms with Gasteiger partial charge in [-0.2, -0.15) is 0 Å². The molecular weight excluding hydrogens is 224 g/mol. The fraction of sp³-hybridized carbons (Fsp3) is 0.250. The molecule has 0 radical (unpaired) electrons. The molecule has 0 aliphatic rings. The van der Waals surface area contributed by atoms with Crippen molar-refractivity contribution in [2.24, 2.45) is 0 Å². The predicted molar refractivity (Wildman–Crippen MR) is 52.6 cm³/mol. The Morgan fingerprint density at radius 2 is 1.91 bits per heavy atom. The molecule has 0 amide bonds. The van der Waals surface area contributed by atoms with Gasteiger partial charge in [-0.05, 0) is 24.3 Å². The zero-order chi connectivity index (χ0) is 8.10. The van der Waals surface area contributed by atoms with Crippen molar-refractivity contribution in [3.8, 4) is 5.75 Å². The molecule has 0 fully saturated rings. The predicted octanol–water partition coefficient (Wildman–Crippen LogP) is 2.88. The Balaban J connectivity index is 2.52. The van der Waals surface area contributed by atoms with Gasteiger partial charge in [-0.15, -0.1) is 11.8 Å². The summed E-state index contributed by atoms with van der Waals surface area (Å²) in [7, 11) is 0. The van der Waals surface area contributed by atoms with Gasteiger partial charge in [0.2, 0.25) is 0 Å². The smallest absolute Gasteiger partial charge is 0.115 e. The Bertz CT molecular complexity index is 210. The van der Waals surface area contributed by atoms with E-state index in [1.807, 2.05) is 12.1 Å². The van der Waals surface area contributed by atoms with Crippen molar-refractivity contribution in [1.29, 1.82) is 0 Å². The molecule has 0 heterocycles. The van der Waals surface area contributed by atoms with Crippen molar-refractivity contribution < 1.29 is 5.11 Å². The molecule has 3 heteroatoms. The SMILES string of the molecule is Oc1ccc(SCCBr)cc1. The van der Waals surface area contributed by atoms with Crippen molar-refractivity contribution >= 4 is 27.7 Å². The van der Waals surface area contributed by atoms with Crippen LogP contribution in [0.15, 0.2) is 29.2 Å². The van der Waals surface area contributed by atoms with Crippen LogP contribution in [0.2, 0.25) is 0 Å². The molecule has 1 N–H and O–H groups in total. The van der Waals surface area contributed by atoms with Gasteiger partial charge in [-0.3, -0.25) is 0 Å². The summed E-state index contributed by atoms with van der Waals surface area (Å²) in [5.41, 5.74) is 0. The van der Waals surface area contributed by atoms with Crippen LogP contribution in [0.25, 0.3) is 0 Å². The molecule has 1 aromatic carbocycles. The highest BCUT2D eigenvalue weighted by Gasteiger charge is 1.91. The van der Waals surface area contributed by atoms with E-state index in [-0.39, 0.29) is 0 Å². The van der Waals surface area contributed by atoms with E-state index >= 15 is 0 Å². The summed E-state index contributed by atoms with van der Waals surface area (Å²) in [6, 6.07) is 7.25. The van der Waals surface area contributed by atoms with E-state index in [1.165, 1.54) is 4.90 Å². The number of thioether (sulfide) groups is 1. The van der Waals surface area contributed by atoms with Crippen molar-refractivity contribution in [3.63, 3.8) is 0 Å². The largest absolute Gasteiger partial charge is 0.508 e. The number of phenolic OH excluding ortho intramolecular Hbond substituents is 1. The molecule has 0 saturated heterocycles. The van der Waals surface area contributed by atoms with E-state index in [1.54, 1.807) is 23.9 Å². The first kappa shape index (κ1) is 8.94. The first-order valence-corrected chi connectivity index (χ1v) is 5.41. The standard InChI is InChI=1S/C8H9BrOS/c9-5-6-11-8-3-1-7(10)2-4-8/h1-4,10H,5-6H2. The van der Waals surface area contributed by atoms with Gasteiger partial charge in [0, 0.05) is 16.0 Å². The summed E-state index contributed by atoms with van der Waals surface area (Å²) in [6.45, 7) is 0. The molecule has 1 nitrogen and oxygen atoms in total. The summed E-state index contributed by atoms with van der Waals surface area (Å²) >= 11 is 5.12. The molecule has 0 aliphatic carbocycles. The molecular formula is C8H9BrOS. The molecule has 0 saturated carbocycles. The Morgan fingerprint density at radius 1 is 1.27 bits per heavy atom. The van der Waals surface area contributed by atoms with Crippen LogP contribution in [0.4, 0.5) is 0 Å². The number of phenols is 1. The number of alkyl halides is 1. The molecule has 0 aliphatic heterocycles. The van der Waals surface area contributed by atoms with Gasteiger partial charge in [-0.1, -0.05) is 15.9 Å². The molecule has 0 spiro atoms. The average Bonchev–Trinajstić information content (AvgIpc) is 2.04. The monoisotopic (exact) mass is 232 g/mol. The number of halogens is 1. The van der Waals surface area contributed by atoms with E-state index < -0.39 is 0 Å². The summed E-state index contributed by atoms with van der Waals surface area (Å²) in [6.07, 6.45) is 0. The number of hydrogen-bond acceptors (Lipinski definition) is 2. The lowest BCUT2D eigenvalue weighted by molar-refractivity contribution is 0.475. The maximum atomic E-state index is 8.96. The average molecular weight is 233 g/mol. The van der Waals surface area contributed by atoms with E-state index in [0.29, 0.717) is 5.75 Å². The second-order valence-corrected chi connectivity index (χ2v) is 3.99. The third-order valence-corrected chi connectivity index (χ3v) is 3.12. The Morgan fingerprint density at radius 3 is 2.45 bits per heavy atom. The van der Waals surface area contributed by atoms with Crippen molar-refractivity contribution in [2.75, 3.05) is 11.1 Å². The molecule has 0 aromatic heterocycles. The van der Waals surface area contributed by atoms with Crippen molar-refractivity contribution in [3.05, 3.63) is 24.3 Å². The first-order chi connectivity index (χ1) is 5.33. The fourth-order valence-corrected chi connectivity index (χ4v) is 1.83. The second kappa shape index (κ2) is 4.67. The third-order valence-electron chi connectivity index (χ3n) is 1.18. The lowest BCUT2D eigenvalue weighted by atomic mass is 10.3. The quantitative estimate of drug-likeness (QED) is 0.639. The van der Waals surface area contributed by atoms with Gasteiger partial charge in [-0.25, -0.2) is 0 Å². The van der Waals surface area contributed by atoms with Crippen LogP contribution >= 0.6 is 27.7 Å². The number of benzene rings is 1. The van der Waals surface area contributed by atoms with Gasteiger partial charge in [0.25, 0.3) is 0 Å². The Labute approximate surface area is 78.9 Å². The fourth-order valence-electron chi connectivity index (χ4n) is 0.699. The highest BCUT2D eigenvalue weighted by Crippen LogP contribution is 2.20. The summed E-state index contributed by atoms with van der Waals surface area (Å²) < 4.78 is 0. The van der Waals surface area contributed by atoms with Gasteiger partial charge >= 0.3 is 0 Å². The number of rotatable bonds is 3. The summed E-state index contributed by atoms with van der Waals surface area (Å²) in [5, 5.41) is 9.96. The van der Waals surface area contributed by atoms with Crippen LogP contribution in [0.3, 0.4) is 0 Å². The molecule has 1 aromatic rings. The maximum Gasteiger partial charge on any atom is 0.115 e. The van der Waals surface area contributed by atoms with Crippen LogP contribution in [0.1, 0.15) is 0 Å². The van der Waals surface area contributed by atoms with Crippen LogP contribution in [-0.2, 0) is 0 Å².